The second kappa shape index (κ2) is 10.2. The molecule has 3 aromatic rings. The molecule has 2 fully saturated rings. The van der Waals surface area contributed by atoms with Gasteiger partial charge in [0.15, 0.2) is 0 Å². The molecule has 2 saturated heterocycles. The van der Waals surface area contributed by atoms with Crippen LogP contribution in [0.25, 0.3) is 10.8 Å². The molecule has 0 atom stereocenters. The molecule has 0 saturated carbocycles. The average Bonchev–Trinajstić information content (AvgIpc) is 2.87. The lowest BCUT2D eigenvalue weighted by atomic mass is 10.0. The lowest BCUT2D eigenvalue weighted by Crippen LogP contribution is -2.60. The van der Waals surface area contributed by atoms with E-state index in [0.29, 0.717) is 11.6 Å². The number of fused-ring (bicyclic) bond motifs is 1. The average molecular weight is 542 g/mol. The molecule has 0 N–H and O–H groups in total. The summed E-state index contributed by atoms with van der Waals surface area (Å²) in [5.74, 6) is -0.201. The molecule has 2 aliphatic rings. The summed E-state index contributed by atoms with van der Waals surface area (Å²) in [6, 6.07) is 14.8. The van der Waals surface area contributed by atoms with E-state index in [-0.39, 0.29) is 29.9 Å². The van der Waals surface area contributed by atoms with E-state index < -0.39 is 10.0 Å². The number of hydrazine groups is 1. The summed E-state index contributed by atoms with van der Waals surface area (Å²) in [7, 11) is -1.85. The van der Waals surface area contributed by atoms with Crippen molar-refractivity contribution in [2.24, 2.45) is 0 Å². The molecule has 37 heavy (non-hydrogen) atoms. The topological polar surface area (TPSA) is 77.1 Å². The Kier molecular flexibility index (Phi) is 7.15. The van der Waals surface area contributed by atoms with Crippen LogP contribution >= 0.6 is 11.6 Å². The van der Waals surface area contributed by atoms with E-state index in [1.54, 1.807) is 41.4 Å². The van der Waals surface area contributed by atoms with Gasteiger partial charge in [-0.1, -0.05) is 23.7 Å². The maximum Gasteiger partial charge on any atom is 0.252 e. The van der Waals surface area contributed by atoms with Crippen molar-refractivity contribution >= 4 is 44.0 Å². The Labute approximate surface area is 223 Å². The maximum absolute atomic E-state index is 13.3. The number of piperazine rings is 1. The molecular formula is C27H32ClN5O3S. The standard InChI is InChI=1S/C27H32ClN5O3S/c1-19-14-25(15-20(2)29-19)31-10-8-24(9-11-31)30(3)33-13-12-32(18-27(33)34)37(35,36)26-7-5-21-16-23(28)6-4-22(21)17-26/h4-7,14-17,24H,8-13,18H2,1-3H3. The van der Waals surface area contributed by atoms with Gasteiger partial charge in [0, 0.05) is 54.8 Å². The van der Waals surface area contributed by atoms with Crippen molar-refractivity contribution in [1.29, 1.82) is 0 Å². The van der Waals surface area contributed by atoms with E-state index in [0.717, 1.165) is 48.1 Å². The molecule has 0 aliphatic carbocycles. The summed E-state index contributed by atoms with van der Waals surface area (Å²) in [6.07, 6.45) is 1.84. The Balaban J connectivity index is 1.22. The molecule has 0 bridgehead atoms. The Hall–Kier alpha value is -2.72. The van der Waals surface area contributed by atoms with Crippen LogP contribution in [0.5, 0.6) is 0 Å². The number of piperidine rings is 1. The highest BCUT2D eigenvalue weighted by Gasteiger charge is 2.36. The minimum absolute atomic E-state index is 0.167. The van der Waals surface area contributed by atoms with Gasteiger partial charge in [-0.25, -0.2) is 13.4 Å². The van der Waals surface area contributed by atoms with Crippen LogP contribution in [0.2, 0.25) is 5.02 Å². The fourth-order valence-corrected chi connectivity index (χ4v) is 6.97. The monoisotopic (exact) mass is 541 g/mol. The number of aryl methyl sites for hydroxylation is 2. The van der Waals surface area contributed by atoms with Crippen LogP contribution in [0, 0.1) is 13.8 Å². The smallest absolute Gasteiger partial charge is 0.252 e. The fourth-order valence-electron chi connectivity index (χ4n) is 5.38. The molecule has 5 rings (SSSR count). The number of hydrogen-bond donors (Lipinski definition) is 0. The lowest BCUT2D eigenvalue weighted by Gasteiger charge is -2.45. The number of benzene rings is 2. The minimum Gasteiger partial charge on any atom is -0.371 e. The SMILES string of the molecule is Cc1cc(N2CCC(N(C)N3CCN(S(=O)(=O)c4ccc5cc(Cl)ccc5c4)CC3=O)CC2)cc(C)n1. The molecule has 2 aliphatic heterocycles. The zero-order chi connectivity index (χ0) is 26.3. The third-order valence-electron chi connectivity index (χ3n) is 7.38. The Bertz CT molecular complexity index is 1420. The molecule has 3 heterocycles. The van der Waals surface area contributed by atoms with E-state index in [1.807, 2.05) is 25.9 Å². The zero-order valence-electron chi connectivity index (χ0n) is 21.4. The van der Waals surface area contributed by atoms with Crippen molar-refractivity contribution in [3.63, 3.8) is 0 Å². The second-order valence-corrected chi connectivity index (χ2v) is 12.3. The number of nitrogens with zero attached hydrogens (tertiary/aromatic N) is 5. The van der Waals surface area contributed by atoms with Crippen LogP contribution in [0.3, 0.4) is 0 Å². The molecule has 0 unspecified atom stereocenters. The summed E-state index contributed by atoms with van der Waals surface area (Å²) in [5, 5.41) is 6.00. The first-order chi connectivity index (χ1) is 17.6. The Morgan fingerprint density at radius 3 is 2.24 bits per heavy atom. The number of carbonyl (C=O) groups excluding carboxylic acids is 1. The van der Waals surface area contributed by atoms with Crippen molar-refractivity contribution in [1.82, 2.24) is 19.3 Å². The van der Waals surface area contributed by atoms with Crippen molar-refractivity contribution in [3.05, 3.63) is 64.9 Å². The predicted molar refractivity (Wildman–Crippen MR) is 146 cm³/mol. The highest BCUT2D eigenvalue weighted by atomic mass is 35.5. The molecular weight excluding hydrogens is 510 g/mol. The van der Waals surface area contributed by atoms with Crippen LogP contribution < -0.4 is 4.90 Å². The van der Waals surface area contributed by atoms with E-state index in [4.69, 9.17) is 11.6 Å². The first-order valence-electron chi connectivity index (χ1n) is 12.5. The van der Waals surface area contributed by atoms with Crippen molar-refractivity contribution in [2.45, 2.75) is 37.6 Å². The normalized spacial score (nSPS) is 18.2. The van der Waals surface area contributed by atoms with E-state index in [9.17, 15) is 13.2 Å². The minimum atomic E-state index is -3.79. The van der Waals surface area contributed by atoms with Gasteiger partial charge in [0.05, 0.1) is 18.0 Å². The number of pyridine rings is 1. The molecule has 2 aromatic carbocycles. The predicted octanol–water partition coefficient (Wildman–Crippen LogP) is 3.85. The summed E-state index contributed by atoms with van der Waals surface area (Å²) < 4.78 is 28.0. The van der Waals surface area contributed by atoms with Gasteiger partial charge in [-0.05, 0) is 73.9 Å². The van der Waals surface area contributed by atoms with Gasteiger partial charge < -0.3 is 4.90 Å². The quantitative estimate of drug-likeness (QED) is 0.488. The van der Waals surface area contributed by atoms with Crippen LogP contribution in [-0.4, -0.2) is 79.4 Å². The number of amides is 1. The Morgan fingerprint density at radius 2 is 1.57 bits per heavy atom. The highest BCUT2D eigenvalue weighted by Crippen LogP contribution is 2.27. The number of sulfonamides is 1. The third kappa shape index (κ3) is 5.31. The van der Waals surface area contributed by atoms with Gasteiger partial charge in [0.1, 0.15) is 0 Å². The Morgan fingerprint density at radius 1 is 0.919 bits per heavy atom. The van der Waals surface area contributed by atoms with Crippen molar-refractivity contribution in [3.8, 4) is 0 Å². The number of anilines is 1. The number of rotatable bonds is 5. The maximum atomic E-state index is 13.3. The summed E-state index contributed by atoms with van der Waals surface area (Å²) in [5.41, 5.74) is 3.22. The molecule has 0 radical (unpaired) electrons. The fraction of sp³-hybridized carbons (Fsp3) is 0.407. The summed E-state index contributed by atoms with van der Waals surface area (Å²) in [6.45, 7) is 6.24. The summed E-state index contributed by atoms with van der Waals surface area (Å²) >= 11 is 6.05. The third-order valence-corrected chi connectivity index (χ3v) is 9.45. The van der Waals surface area contributed by atoms with Crippen LogP contribution in [0.1, 0.15) is 24.2 Å². The number of halogens is 1. The highest BCUT2D eigenvalue weighted by molar-refractivity contribution is 7.89. The molecule has 8 nitrogen and oxygen atoms in total. The number of hydrogen-bond acceptors (Lipinski definition) is 6. The lowest BCUT2D eigenvalue weighted by molar-refractivity contribution is -0.156. The van der Waals surface area contributed by atoms with E-state index >= 15 is 0 Å². The van der Waals surface area contributed by atoms with Gasteiger partial charge in [0.25, 0.3) is 5.91 Å². The van der Waals surface area contributed by atoms with Crippen LogP contribution in [-0.2, 0) is 14.8 Å². The number of aromatic nitrogens is 1. The zero-order valence-corrected chi connectivity index (χ0v) is 23.0. The van der Waals surface area contributed by atoms with Crippen molar-refractivity contribution < 1.29 is 13.2 Å². The molecule has 1 amide bonds. The molecule has 196 valence electrons. The van der Waals surface area contributed by atoms with Gasteiger partial charge in [0.2, 0.25) is 10.0 Å². The largest absolute Gasteiger partial charge is 0.371 e. The van der Waals surface area contributed by atoms with Gasteiger partial charge >= 0.3 is 0 Å². The molecule has 0 spiro atoms. The van der Waals surface area contributed by atoms with E-state index in [1.165, 1.54) is 9.99 Å². The first-order valence-corrected chi connectivity index (χ1v) is 14.4. The second-order valence-electron chi connectivity index (χ2n) is 9.91. The van der Waals surface area contributed by atoms with Crippen LogP contribution in [0.4, 0.5) is 5.69 Å². The first kappa shape index (κ1) is 25.9. The van der Waals surface area contributed by atoms with Crippen molar-refractivity contribution in [2.75, 3.05) is 44.7 Å². The van der Waals surface area contributed by atoms with Gasteiger partial charge in [-0.3, -0.25) is 14.8 Å². The van der Waals surface area contributed by atoms with Crippen LogP contribution in [0.15, 0.2) is 53.4 Å². The van der Waals surface area contributed by atoms with Gasteiger partial charge in [-0.2, -0.15) is 4.31 Å². The number of carbonyl (C=O) groups is 1. The van der Waals surface area contributed by atoms with Gasteiger partial charge in [-0.15, -0.1) is 0 Å². The van der Waals surface area contributed by atoms with E-state index in [2.05, 4.69) is 22.0 Å². The molecule has 10 heteroatoms. The molecule has 1 aromatic heterocycles. The summed E-state index contributed by atoms with van der Waals surface area (Å²) in [4.78, 5) is 20.2.